The van der Waals surface area contributed by atoms with Gasteiger partial charge in [0.15, 0.2) is 33.2 Å². The molecule has 0 unspecified atom stereocenters. The Morgan fingerprint density at radius 3 is 1.91 bits per heavy atom. The summed E-state index contributed by atoms with van der Waals surface area (Å²) in [4.78, 5) is 15.3. The van der Waals surface area contributed by atoms with E-state index in [0.717, 1.165) is 72.2 Å². The largest absolute Gasteiger partial charge is 0.500 e. The Morgan fingerprint density at radius 2 is 1.04 bits per heavy atom. The fourth-order valence-corrected chi connectivity index (χ4v) is 7.64. The minimum Gasteiger partial charge on any atom is -0.500 e. The van der Waals surface area contributed by atoms with E-state index in [1.54, 1.807) is 0 Å². The van der Waals surface area contributed by atoms with Gasteiger partial charge in [0.2, 0.25) is 0 Å². The van der Waals surface area contributed by atoms with Crippen LogP contribution in [0.5, 0.6) is 5.75 Å². The number of rotatable bonds is 5. The lowest BCUT2D eigenvalue weighted by molar-refractivity contribution is 0.241. The zero-order valence-electron chi connectivity index (χ0n) is 29.2. The predicted molar refractivity (Wildman–Crippen MR) is 219 cm³/mol. The summed E-state index contributed by atoms with van der Waals surface area (Å²) < 4.78 is 13.0. The van der Waals surface area contributed by atoms with Crippen molar-refractivity contribution in [2.45, 2.75) is 5.40 Å². The van der Waals surface area contributed by atoms with Crippen molar-refractivity contribution in [2.24, 2.45) is 0 Å². The van der Waals surface area contributed by atoms with Crippen molar-refractivity contribution in [3.05, 3.63) is 169 Å². The molecule has 0 aliphatic carbocycles. The fraction of sp³-hybridized carbons (Fsp3) is 0.0217. The molecule has 9 aromatic rings. The first-order valence-corrected chi connectivity index (χ1v) is 17.9. The van der Waals surface area contributed by atoms with Crippen molar-refractivity contribution in [3.8, 4) is 73.3 Å². The van der Waals surface area contributed by atoms with E-state index < -0.39 is 5.40 Å². The average Bonchev–Trinajstić information content (AvgIpc) is 3.60. The first kappa shape index (κ1) is 31.1. The molecule has 7 heteroatoms. The van der Waals surface area contributed by atoms with Crippen LogP contribution < -0.4 is 4.74 Å². The van der Waals surface area contributed by atoms with Crippen molar-refractivity contribution in [2.75, 3.05) is 0 Å². The highest BCUT2D eigenvalue weighted by atomic mass is 16.5. The van der Waals surface area contributed by atoms with Crippen molar-refractivity contribution >= 4 is 37.6 Å². The number of benzene rings is 7. The van der Waals surface area contributed by atoms with Gasteiger partial charge in [-0.3, -0.25) is 0 Å². The number of nitrogens with zero attached hydrogens (tertiary/aromatic N) is 3. The van der Waals surface area contributed by atoms with Gasteiger partial charge in [0.25, 0.3) is 0 Å². The van der Waals surface area contributed by atoms with Crippen molar-refractivity contribution in [1.29, 1.82) is 0 Å². The number of hydrogen-bond acceptors (Lipinski definition) is 5. The molecule has 7 aromatic carbocycles. The molecule has 0 radical (unpaired) electrons. The van der Waals surface area contributed by atoms with E-state index in [-0.39, 0.29) is 0 Å². The molecule has 2 aromatic heterocycles. The van der Waals surface area contributed by atoms with E-state index in [2.05, 4.69) is 143 Å². The minimum atomic E-state index is -0.423. The smallest absolute Gasteiger partial charge is 0.167 e. The summed E-state index contributed by atoms with van der Waals surface area (Å²) >= 11 is 0. The van der Waals surface area contributed by atoms with Gasteiger partial charge in [-0.25, -0.2) is 15.0 Å². The highest BCUT2D eigenvalue weighted by Crippen LogP contribution is 2.47. The Balaban J connectivity index is 1.12. The normalized spacial score (nSPS) is 13.0. The van der Waals surface area contributed by atoms with Gasteiger partial charge in [-0.15, -0.1) is 0 Å². The highest BCUT2D eigenvalue weighted by Gasteiger charge is 2.33. The molecule has 0 saturated carbocycles. The van der Waals surface area contributed by atoms with Crippen molar-refractivity contribution in [3.63, 3.8) is 0 Å². The third kappa shape index (κ3) is 5.32. The quantitative estimate of drug-likeness (QED) is 0.170. The molecule has 0 N–H and O–H groups in total. The van der Waals surface area contributed by atoms with Crippen LogP contribution in [0.4, 0.5) is 0 Å². The van der Waals surface area contributed by atoms with Crippen LogP contribution in [0, 0.1) is 0 Å². The van der Waals surface area contributed by atoms with Gasteiger partial charge in [0.05, 0.1) is 11.0 Å². The van der Waals surface area contributed by atoms with Crippen LogP contribution in [0.1, 0.15) is 5.56 Å². The van der Waals surface area contributed by atoms with Crippen LogP contribution in [0.2, 0.25) is 0 Å². The number of ether oxygens (including phenoxy) is 1. The lowest BCUT2D eigenvalue weighted by Gasteiger charge is -2.36. The summed E-state index contributed by atoms with van der Waals surface area (Å²) in [6, 6.07) is 56.3. The zero-order chi connectivity index (χ0) is 35.5. The van der Waals surface area contributed by atoms with E-state index in [0.29, 0.717) is 17.5 Å². The number of para-hydroxylation sites is 2. The van der Waals surface area contributed by atoms with Gasteiger partial charge in [-0.2, -0.15) is 0 Å². The second kappa shape index (κ2) is 12.2. The minimum absolute atomic E-state index is 0.423. The van der Waals surface area contributed by atoms with E-state index in [1.807, 2.05) is 36.4 Å². The Morgan fingerprint density at radius 1 is 0.434 bits per heavy atom. The average molecular weight is 679 g/mol. The summed E-state index contributed by atoms with van der Waals surface area (Å²) in [5, 5.41) is 1.66. The Bertz CT molecular complexity index is 2850. The maximum Gasteiger partial charge on any atom is 0.167 e. The van der Waals surface area contributed by atoms with Gasteiger partial charge in [-0.1, -0.05) is 140 Å². The zero-order valence-corrected chi connectivity index (χ0v) is 29.2. The molecular formula is C46H31B2N3O2. The van der Waals surface area contributed by atoms with E-state index in [9.17, 15) is 0 Å². The van der Waals surface area contributed by atoms with Crippen LogP contribution in [-0.2, 0) is 5.40 Å². The summed E-state index contributed by atoms with van der Waals surface area (Å²) in [5.41, 5.74) is 12.1. The van der Waals surface area contributed by atoms with E-state index >= 15 is 0 Å². The van der Waals surface area contributed by atoms with Gasteiger partial charge < -0.3 is 9.15 Å². The molecule has 0 bridgehead atoms. The number of aromatic nitrogens is 3. The van der Waals surface area contributed by atoms with E-state index in [1.165, 1.54) is 11.1 Å². The fourth-order valence-electron chi connectivity index (χ4n) is 7.64. The molecule has 53 heavy (non-hydrogen) atoms. The van der Waals surface area contributed by atoms with Crippen LogP contribution in [0.3, 0.4) is 0 Å². The lowest BCUT2D eigenvalue weighted by Crippen LogP contribution is -2.37. The molecule has 0 spiro atoms. The number of fused-ring (bicyclic) bond motifs is 6. The molecule has 5 nitrogen and oxygen atoms in total. The monoisotopic (exact) mass is 679 g/mol. The van der Waals surface area contributed by atoms with Gasteiger partial charge in [-0.05, 0) is 57.6 Å². The Labute approximate surface area is 308 Å². The highest BCUT2D eigenvalue weighted by molar-refractivity contribution is 6.40. The third-order valence-electron chi connectivity index (χ3n) is 10.2. The summed E-state index contributed by atoms with van der Waals surface area (Å²) in [6.45, 7) is 0. The molecule has 3 heterocycles. The second-order valence-electron chi connectivity index (χ2n) is 13.9. The molecule has 1 aliphatic heterocycles. The Kier molecular flexibility index (Phi) is 7.15. The van der Waals surface area contributed by atoms with Crippen molar-refractivity contribution in [1.82, 2.24) is 15.0 Å². The van der Waals surface area contributed by atoms with Crippen molar-refractivity contribution < 1.29 is 9.15 Å². The van der Waals surface area contributed by atoms with E-state index in [4.69, 9.17) is 24.1 Å². The molecule has 0 saturated heterocycles. The van der Waals surface area contributed by atoms with Crippen LogP contribution in [0.25, 0.3) is 89.5 Å². The van der Waals surface area contributed by atoms with Crippen LogP contribution in [0.15, 0.2) is 168 Å². The number of furan rings is 1. The molecule has 0 fully saturated rings. The standard InChI is InChI=1S/C46H31B2N3O2/c47-46(48)38-20-6-4-16-36(38)41-33(17-10-22-40(41)53-46)29-23-25-30(26-24-29)43-49-44(32-14-8-13-31(27-32)28-11-2-1-3-12-28)51-45(50-43)37-19-9-18-35-34-15-5-7-21-39(34)52-42(35)37/h1-27H,47-48H2. The van der Waals surface area contributed by atoms with Gasteiger partial charge >= 0.3 is 0 Å². The third-order valence-corrected chi connectivity index (χ3v) is 10.2. The summed E-state index contributed by atoms with van der Waals surface area (Å²) in [5.74, 6) is 2.62. The molecule has 1 aliphatic rings. The second-order valence-corrected chi connectivity index (χ2v) is 13.9. The Hall–Kier alpha value is -6.72. The maximum atomic E-state index is 6.56. The predicted octanol–water partition coefficient (Wildman–Crippen LogP) is 9.54. The number of hydrogen-bond donors (Lipinski definition) is 0. The first-order chi connectivity index (χ1) is 26.0. The van der Waals surface area contributed by atoms with Gasteiger partial charge in [0.1, 0.15) is 16.9 Å². The molecule has 10 rings (SSSR count). The topological polar surface area (TPSA) is 61.0 Å². The van der Waals surface area contributed by atoms with Crippen LogP contribution in [-0.4, -0.2) is 30.6 Å². The first-order valence-electron chi connectivity index (χ1n) is 17.9. The summed E-state index contributed by atoms with van der Waals surface area (Å²) in [6.07, 6.45) is 0. The molecule has 0 atom stereocenters. The molecular weight excluding hydrogens is 648 g/mol. The maximum absolute atomic E-state index is 6.56. The van der Waals surface area contributed by atoms with Crippen LogP contribution >= 0.6 is 0 Å². The SMILES string of the molecule is BC1(B)Oc2cccc(-c3ccc(-c4nc(-c5cccc(-c6ccccc6)c5)nc(-c5cccc6c5oc5ccccc56)n4)cc3)c2-c2ccccc21. The molecule has 0 amide bonds. The van der Waals surface area contributed by atoms with Gasteiger partial charge in [0, 0.05) is 27.5 Å². The summed E-state index contributed by atoms with van der Waals surface area (Å²) in [7, 11) is 4.25. The lowest BCUT2D eigenvalue weighted by atomic mass is 9.58. The molecule has 248 valence electrons.